The highest BCUT2D eigenvalue weighted by molar-refractivity contribution is 14.0. The zero-order valence-electron chi connectivity index (χ0n) is 12.1. The molecule has 0 spiro atoms. The second kappa shape index (κ2) is 11.0. The van der Waals surface area contributed by atoms with Crippen molar-refractivity contribution in [3.05, 3.63) is 29.3 Å². The fraction of sp³-hybridized carbons (Fsp3) is 0.500. The van der Waals surface area contributed by atoms with Gasteiger partial charge in [0.2, 0.25) is 0 Å². The van der Waals surface area contributed by atoms with Crippen molar-refractivity contribution in [2.24, 2.45) is 4.99 Å². The van der Waals surface area contributed by atoms with Crippen LogP contribution in [-0.2, 0) is 0 Å². The highest BCUT2D eigenvalue weighted by Crippen LogP contribution is 2.22. The topological polar surface area (TPSA) is 45.7 Å². The number of halogens is 2. The van der Waals surface area contributed by atoms with Crippen LogP contribution in [0.3, 0.4) is 0 Å². The number of nitrogens with zero attached hydrogens (tertiary/aromatic N) is 1. The summed E-state index contributed by atoms with van der Waals surface area (Å²) in [4.78, 5) is 4.15. The fourth-order valence-electron chi connectivity index (χ4n) is 1.42. The smallest absolute Gasteiger partial charge is 0.191 e. The Labute approximate surface area is 143 Å². The van der Waals surface area contributed by atoms with Crippen molar-refractivity contribution in [1.82, 2.24) is 10.6 Å². The molecule has 0 heterocycles. The Balaban J connectivity index is 0.00000361. The van der Waals surface area contributed by atoms with Crippen LogP contribution in [0, 0.1) is 0 Å². The summed E-state index contributed by atoms with van der Waals surface area (Å²) in [7, 11) is 1.76. The fourth-order valence-corrected chi connectivity index (χ4v) is 1.61. The lowest BCUT2D eigenvalue weighted by atomic mass is 10.3. The van der Waals surface area contributed by atoms with Crippen molar-refractivity contribution in [3.63, 3.8) is 0 Å². The number of guanidine groups is 1. The molecule has 1 aromatic carbocycles. The Bertz CT molecular complexity index is 415. The van der Waals surface area contributed by atoms with Crippen molar-refractivity contribution >= 4 is 41.5 Å². The number of rotatable bonds is 6. The zero-order chi connectivity index (χ0) is 14.1. The van der Waals surface area contributed by atoms with Gasteiger partial charge in [0.1, 0.15) is 12.4 Å². The van der Waals surface area contributed by atoms with Gasteiger partial charge in [-0.1, -0.05) is 30.7 Å². The lowest BCUT2D eigenvalue weighted by molar-refractivity contribution is 0.322. The first-order valence-corrected chi connectivity index (χ1v) is 6.89. The van der Waals surface area contributed by atoms with E-state index in [1.54, 1.807) is 7.05 Å². The molecule has 6 heteroatoms. The predicted octanol–water partition coefficient (Wildman–Crippen LogP) is 3.30. The van der Waals surface area contributed by atoms with E-state index in [1.807, 2.05) is 24.3 Å². The van der Waals surface area contributed by atoms with Gasteiger partial charge in [-0.2, -0.15) is 0 Å². The van der Waals surface area contributed by atoms with Crippen LogP contribution in [0.25, 0.3) is 0 Å². The van der Waals surface area contributed by atoms with E-state index < -0.39 is 0 Å². The quantitative estimate of drug-likeness (QED) is 0.327. The third kappa shape index (κ3) is 7.19. The van der Waals surface area contributed by atoms with Gasteiger partial charge in [-0.25, -0.2) is 0 Å². The molecule has 0 amide bonds. The summed E-state index contributed by atoms with van der Waals surface area (Å²) < 4.78 is 5.59. The second-order valence-electron chi connectivity index (χ2n) is 4.23. The summed E-state index contributed by atoms with van der Waals surface area (Å²) in [5.74, 6) is 1.49. The third-order valence-corrected chi connectivity index (χ3v) is 3.02. The molecule has 2 N–H and O–H groups in total. The molecule has 1 rings (SSSR count). The second-order valence-corrected chi connectivity index (χ2v) is 4.64. The maximum atomic E-state index is 6.00. The summed E-state index contributed by atoms with van der Waals surface area (Å²) in [6.45, 7) is 5.45. The molecule has 1 atom stereocenters. The normalized spacial score (nSPS) is 12.3. The molecule has 0 radical (unpaired) electrons. The van der Waals surface area contributed by atoms with Crippen molar-refractivity contribution < 1.29 is 4.74 Å². The molecule has 0 fully saturated rings. The Morgan fingerprint density at radius 1 is 1.40 bits per heavy atom. The standard InChI is InChI=1S/C14H22ClN3O.HI/c1-4-11(2)18-14(16-3)17-9-10-19-13-8-6-5-7-12(13)15;/h5-8,11H,4,9-10H2,1-3H3,(H2,16,17,18);1H. The Morgan fingerprint density at radius 2 is 2.10 bits per heavy atom. The Kier molecular flexibility index (Phi) is 10.6. The summed E-state index contributed by atoms with van der Waals surface area (Å²) >= 11 is 6.00. The molecule has 114 valence electrons. The van der Waals surface area contributed by atoms with E-state index in [1.165, 1.54) is 0 Å². The van der Waals surface area contributed by atoms with Gasteiger partial charge in [-0.05, 0) is 25.5 Å². The molecule has 0 aliphatic rings. The highest BCUT2D eigenvalue weighted by Gasteiger charge is 2.03. The molecule has 0 aromatic heterocycles. The average Bonchev–Trinajstić information content (AvgIpc) is 2.43. The number of aliphatic imine (C=N–C) groups is 1. The van der Waals surface area contributed by atoms with Crippen LogP contribution in [0.1, 0.15) is 20.3 Å². The van der Waals surface area contributed by atoms with Crippen molar-refractivity contribution in [2.75, 3.05) is 20.2 Å². The molecule has 20 heavy (non-hydrogen) atoms. The number of benzene rings is 1. The third-order valence-electron chi connectivity index (χ3n) is 2.71. The molecular formula is C14H23ClIN3O. The predicted molar refractivity (Wildman–Crippen MR) is 96.6 cm³/mol. The van der Waals surface area contributed by atoms with Crippen LogP contribution in [0.5, 0.6) is 5.75 Å². The molecule has 0 aliphatic carbocycles. The van der Waals surface area contributed by atoms with E-state index in [-0.39, 0.29) is 24.0 Å². The zero-order valence-corrected chi connectivity index (χ0v) is 15.2. The van der Waals surface area contributed by atoms with Crippen LogP contribution in [-0.4, -0.2) is 32.2 Å². The summed E-state index contributed by atoms with van der Waals surface area (Å²) in [6.07, 6.45) is 1.05. The number of ether oxygens (including phenoxy) is 1. The summed E-state index contributed by atoms with van der Waals surface area (Å²) in [6, 6.07) is 7.85. The first-order chi connectivity index (χ1) is 9.17. The first-order valence-electron chi connectivity index (χ1n) is 6.51. The minimum Gasteiger partial charge on any atom is -0.490 e. The van der Waals surface area contributed by atoms with Crippen LogP contribution in [0.2, 0.25) is 5.02 Å². The Morgan fingerprint density at radius 3 is 2.70 bits per heavy atom. The van der Waals surface area contributed by atoms with Gasteiger partial charge in [0.25, 0.3) is 0 Å². The Hall–Kier alpha value is -0.690. The molecule has 4 nitrogen and oxygen atoms in total. The van der Waals surface area contributed by atoms with Crippen molar-refractivity contribution in [1.29, 1.82) is 0 Å². The molecule has 1 aromatic rings. The van der Waals surface area contributed by atoms with E-state index in [9.17, 15) is 0 Å². The molecule has 0 aliphatic heterocycles. The summed E-state index contributed by atoms with van der Waals surface area (Å²) in [5.41, 5.74) is 0. The van der Waals surface area contributed by atoms with Crippen molar-refractivity contribution in [3.8, 4) is 5.75 Å². The summed E-state index contributed by atoms with van der Waals surface area (Å²) in [5, 5.41) is 7.11. The lowest BCUT2D eigenvalue weighted by Gasteiger charge is -2.16. The number of nitrogens with one attached hydrogen (secondary N) is 2. The van der Waals surface area contributed by atoms with E-state index in [4.69, 9.17) is 16.3 Å². The molecule has 0 saturated carbocycles. The number of hydrogen-bond acceptors (Lipinski definition) is 2. The monoisotopic (exact) mass is 411 g/mol. The van der Waals surface area contributed by atoms with Gasteiger partial charge in [0.15, 0.2) is 5.96 Å². The van der Waals surface area contributed by atoms with Crippen LogP contribution < -0.4 is 15.4 Å². The first kappa shape index (κ1) is 19.3. The number of para-hydroxylation sites is 1. The molecule has 0 saturated heterocycles. The molecular weight excluding hydrogens is 389 g/mol. The maximum absolute atomic E-state index is 6.00. The lowest BCUT2D eigenvalue weighted by Crippen LogP contribution is -2.43. The highest BCUT2D eigenvalue weighted by atomic mass is 127. The molecule has 1 unspecified atom stereocenters. The van der Waals surface area contributed by atoms with Gasteiger partial charge >= 0.3 is 0 Å². The van der Waals surface area contributed by atoms with Crippen molar-refractivity contribution in [2.45, 2.75) is 26.3 Å². The largest absolute Gasteiger partial charge is 0.490 e. The van der Waals surface area contributed by atoms with Gasteiger partial charge < -0.3 is 15.4 Å². The van der Waals surface area contributed by atoms with E-state index in [0.717, 1.165) is 12.4 Å². The van der Waals surface area contributed by atoms with Gasteiger partial charge in [0.05, 0.1) is 11.6 Å². The van der Waals surface area contributed by atoms with E-state index >= 15 is 0 Å². The van der Waals surface area contributed by atoms with Gasteiger partial charge in [-0.3, -0.25) is 4.99 Å². The van der Waals surface area contributed by atoms with E-state index in [2.05, 4.69) is 29.5 Å². The maximum Gasteiger partial charge on any atom is 0.191 e. The molecule has 0 bridgehead atoms. The van der Waals surface area contributed by atoms with Gasteiger partial charge in [-0.15, -0.1) is 24.0 Å². The number of hydrogen-bond donors (Lipinski definition) is 2. The van der Waals surface area contributed by atoms with Gasteiger partial charge in [0, 0.05) is 13.1 Å². The minimum atomic E-state index is 0. The average molecular weight is 412 g/mol. The van der Waals surface area contributed by atoms with Crippen LogP contribution in [0.4, 0.5) is 0 Å². The van der Waals surface area contributed by atoms with Crippen LogP contribution in [0.15, 0.2) is 29.3 Å². The SMILES string of the molecule is CCC(C)NC(=NC)NCCOc1ccccc1Cl.I. The van der Waals surface area contributed by atoms with Crippen LogP contribution >= 0.6 is 35.6 Å². The minimum absolute atomic E-state index is 0. The van der Waals surface area contributed by atoms with E-state index in [0.29, 0.717) is 30.0 Å².